The van der Waals surface area contributed by atoms with Gasteiger partial charge >= 0.3 is 0 Å². The molecule has 0 aromatic rings. The summed E-state index contributed by atoms with van der Waals surface area (Å²) >= 11 is 0. The maximum absolute atomic E-state index is 4.12. The van der Waals surface area contributed by atoms with Crippen molar-refractivity contribution in [3.05, 3.63) is 24.9 Å². The average molecular weight is 123 g/mol. The molecule has 0 rings (SSSR count). The van der Waals surface area contributed by atoms with Crippen molar-refractivity contribution in [1.82, 2.24) is 0 Å². The van der Waals surface area contributed by atoms with Crippen LogP contribution in [0.5, 0.6) is 0 Å². The third-order valence-corrected chi connectivity index (χ3v) is 0.932. The van der Waals surface area contributed by atoms with Crippen molar-refractivity contribution in [2.45, 2.75) is 20.3 Å². The first-order valence-corrected chi connectivity index (χ1v) is 3.06. The first-order valence-electron chi connectivity index (χ1n) is 3.06. The highest BCUT2D eigenvalue weighted by Gasteiger charge is 1.85. The van der Waals surface area contributed by atoms with Crippen molar-refractivity contribution in [1.29, 1.82) is 0 Å². The Labute approximate surface area is 56.8 Å². The van der Waals surface area contributed by atoms with Crippen molar-refractivity contribution in [3.63, 3.8) is 0 Å². The molecule has 0 saturated heterocycles. The Hall–Kier alpha value is -0.850. The maximum Gasteiger partial charge on any atom is 0.0397 e. The second-order valence-corrected chi connectivity index (χ2v) is 1.90. The normalized spacial score (nSPS) is 11.1. The SMILES string of the molecule is C=CC(CC)=NC(=C)C. The van der Waals surface area contributed by atoms with E-state index in [1.54, 1.807) is 6.08 Å². The molecule has 0 saturated carbocycles. The molecular weight excluding hydrogens is 110 g/mol. The Morgan fingerprint density at radius 2 is 2.22 bits per heavy atom. The fourth-order valence-corrected chi connectivity index (χ4v) is 0.514. The highest BCUT2D eigenvalue weighted by atomic mass is 14.7. The van der Waals surface area contributed by atoms with E-state index in [9.17, 15) is 0 Å². The van der Waals surface area contributed by atoms with Crippen LogP contribution >= 0.6 is 0 Å². The summed E-state index contributed by atoms with van der Waals surface area (Å²) in [6.45, 7) is 11.2. The van der Waals surface area contributed by atoms with Crippen LogP contribution in [-0.2, 0) is 0 Å². The molecule has 0 heterocycles. The van der Waals surface area contributed by atoms with Crippen LogP contribution in [0, 0.1) is 0 Å². The summed E-state index contributed by atoms with van der Waals surface area (Å²) in [5.74, 6) is 0. The highest BCUT2D eigenvalue weighted by Crippen LogP contribution is 1.94. The van der Waals surface area contributed by atoms with Crippen molar-refractivity contribution in [2.24, 2.45) is 4.99 Å². The van der Waals surface area contributed by atoms with Gasteiger partial charge < -0.3 is 0 Å². The van der Waals surface area contributed by atoms with Gasteiger partial charge in [-0.05, 0) is 19.4 Å². The monoisotopic (exact) mass is 123 g/mol. The summed E-state index contributed by atoms with van der Waals surface area (Å²) in [6.07, 6.45) is 2.69. The van der Waals surface area contributed by atoms with Crippen molar-refractivity contribution in [3.8, 4) is 0 Å². The molecule has 0 unspecified atom stereocenters. The fraction of sp³-hybridized carbons (Fsp3) is 0.375. The van der Waals surface area contributed by atoms with Gasteiger partial charge in [0, 0.05) is 11.4 Å². The predicted octanol–water partition coefficient (Wildman–Crippen LogP) is 2.56. The second-order valence-electron chi connectivity index (χ2n) is 1.90. The number of aliphatic imine (C=N–C) groups is 1. The third-order valence-electron chi connectivity index (χ3n) is 0.932. The van der Waals surface area contributed by atoms with Crippen molar-refractivity contribution >= 4 is 5.71 Å². The molecule has 1 heteroatoms. The van der Waals surface area contributed by atoms with E-state index >= 15 is 0 Å². The van der Waals surface area contributed by atoms with Crippen LogP contribution in [0.2, 0.25) is 0 Å². The number of hydrogen-bond donors (Lipinski definition) is 0. The third kappa shape index (κ3) is 3.71. The minimum atomic E-state index is 0.840. The van der Waals surface area contributed by atoms with Gasteiger partial charge in [-0.15, -0.1) is 0 Å². The molecule has 0 aromatic heterocycles. The molecule has 0 fully saturated rings. The minimum absolute atomic E-state index is 0.840. The number of allylic oxidation sites excluding steroid dienone is 2. The minimum Gasteiger partial charge on any atom is -0.259 e. The van der Waals surface area contributed by atoms with Crippen LogP contribution in [0.1, 0.15) is 20.3 Å². The lowest BCUT2D eigenvalue weighted by molar-refractivity contribution is 1.23. The highest BCUT2D eigenvalue weighted by molar-refractivity contribution is 5.94. The van der Waals surface area contributed by atoms with E-state index in [0.717, 1.165) is 17.8 Å². The lowest BCUT2D eigenvalue weighted by Gasteiger charge is -1.93. The summed E-state index contributed by atoms with van der Waals surface area (Å²) in [5, 5.41) is 0. The molecule has 0 bridgehead atoms. The van der Waals surface area contributed by atoms with Gasteiger partial charge in [0.25, 0.3) is 0 Å². The lowest BCUT2D eigenvalue weighted by Crippen LogP contribution is -1.88. The number of nitrogens with zero attached hydrogens (tertiary/aromatic N) is 1. The van der Waals surface area contributed by atoms with Gasteiger partial charge in [-0.3, -0.25) is 4.99 Å². The van der Waals surface area contributed by atoms with Gasteiger partial charge in [0.05, 0.1) is 0 Å². The summed E-state index contributed by atoms with van der Waals surface area (Å²) in [4.78, 5) is 4.12. The van der Waals surface area contributed by atoms with E-state index in [-0.39, 0.29) is 0 Å². The van der Waals surface area contributed by atoms with Gasteiger partial charge in [-0.1, -0.05) is 20.1 Å². The first-order chi connectivity index (χ1) is 4.20. The molecule has 50 valence electrons. The Kier molecular flexibility index (Phi) is 3.69. The molecule has 1 nitrogen and oxygen atoms in total. The van der Waals surface area contributed by atoms with Crippen LogP contribution in [-0.4, -0.2) is 5.71 Å². The molecule has 0 atom stereocenters. The summed E-state index contributed by atoms with van der Waals surface area (Å²) in [7, 11) is 0. The van der Waals surface area contributed by atoms with Crippen molar-refractivity contribution in [2.75, 3.05) is 0 Å². The topological polar surface area (TPSA) is 12.4 Å². The van der Waals surface area contributed by atoms with Gasteiger partial charge in [-0.2, -0.15) is 0 Å². The quantitative estimate of drug-likeness (QED) is 0.511. The van der Waals surface area contributed by atoms with Gasteiger partial charge in [0.2, 0.25) is 0 Å². The van der Waals surface area contributed by atoms with Crippen LogP contribution in [0.3, 0.4) is 0 Å². The lowest BCUT2D eigenvalue weighted by atomic mass is 10.3. The molecule has 0 amide bonds. The van der Waals surface area contributed by atoms with E-state index in [1.807, 2.05) is 13.8 Å². The number of rotatable bonds is 3. The molecule has 0 aliphatic carbocycles. The molecular formula is C8H13N. The summed E-state index contributed by atoms with van der Waals surface area (Å²) in [5.41, 5.74) is 1.84. The second kappa shape index (κ2) is 4.07. The van der Waals surface area contributed by atoms with Gasteiger partial charge in [-0.25, -0.2) is 0 Å². The average Bonchev–Trinajstić information content (AvgIpc) is 1.82. The van der Waals surface area contributed by atoms with Crippen LogP contribution in [0.15, 0.2) is 29.9 Å². The Morgan fingerprint density at radius 3 is 2.33 bits per heavy atom. The molecule has 0 aliphatic heterocycles. The first kappa shape index (κ1) is 8.15. The van der Waals surface area contributed by atoms with Gasteiger partial charge in [0.1, 0.15) is 0 Å². The standard InChI is InChI=1S/C8H13N/c1-5-8(6-2)9-7(3)4/h5H,1,3,6H2,2,4H3. The maximum atomic E-state index is 4.12. The van der Waals surface area contributed by atoms with Crippen LogP contribution < -0.4 is 0 Å². The predicted molar refractivity (Wildman–Crippen MR) is 42.7 cm³/mol. The Bertz CT molecular complexity index is 143. The Balaban J connectivity index is 4.07. The summed E-state index contributed by atoms with van der Waals surface area (Å²) in [6, 6.07) is 0. The summed E-state index contributed by atoms with van der Waals surface area (Å²) < 4.78 is 0. The molecule has 0 aliphatic rings. The van der Waals surface area contributed by atoms with E-state index in [4.69, 9.17) is 0 Å². The van der Waals surface area contributed by atoms with Gasteiger partial charge in [0.15, 0.2) is 0 Å². The van der Waals surface area contributed by atoms with Crippen LogP contribution in [0.25, 0.3) is 0 Å². The van der Waals surface area contributed by atoms with E-state index in [1.165, 1.54) is 0 Å². The molecule has 0 spiro atoms. The van der Waals surface area contributed by atoms with E-state index in [0.29, 0.717) is 0 Å². The zero-order valence-corrected chi connectivity index (χ0v) is 6.15. The fourth-order valence-electron chi connectivity index (χ4n) is 0.514. The van der Waals surface area contributed by atoms with E-state index in [2.05, 4.69) is 18.2 Å². The van der Waals surface area contributed by atoms with E-state index < -0.39 is 0 Å². The molecule has 0 N–H and O–H groups in total. The van der Waals surface area contributed by atoms with Crippen LogP contribution in [0.4, 0.5) is 0 Å². The zero-order chi connectivity index (χ0) is 7.28. The Morgan fingerprint density at radius 1 is 1.67 bits per heavy atom. The molecule has 0 radical (unpaired) electrons. The number of hydrogen-bond acceptors (Lipinski definition) is 1. The zero-order valence-electron chi connectivity index (χ0n) is 6.15. The van der Waals surface area contributed by atoms with Crippen molar-refractivity contribution < 1.29 is 0 Å². The largest absolute Gasteiger partial charge is 0.259 e. The molecule has 9 heavy (non-hydrogen) atoms. The smallest absolute Gasteiger partial charge is 0.0397 e. The molecule has 0 aromatic carbocycles.